The van der Waals surface area contributed by atoms with Gasteiger partial charge in [-0.05, 0) is 30.7 Å². The number of ether oxygens (including phenoxy) is 1. The molecule has 1 aliphatic rings. The van der Waals surface area contributed by atoms with Gasteiger partial charge >= 0.3 is 0 Å². The number of para-hydroxylation sites is 1. The van der Waals surface area contributed by atoms with Crippen molar-refractivity contribution in [3.8, 4) is 11.3 Å². The summed E-state index contributed by atoms with van der Waals surface area (Å²) < 4.78 is 29.3. The van der Waals surface area contributed by atoms with Gasteiger partial charge in [0.25, 0.3) is 5.91 Å². The Kier molecular flexibility index (Phi) is 6.27. The minimum atomic E-state index is -3.14. The van der Waals surface area contributed by atoms with Gasteiger partial charge < -0.3 is 9.64 Å². The van der Waals surface area contributed by atoms with Crippen molar-refractivity contribution in [1.29, 1.82) is 0 Å². The zero-order chi connectivity index (χ0) is 22.0. The van der Waals surface area contributed by atoms with Crippen molar-refractivity contribution in [3.05, 3.63) is 65.2 Å². The first-order chi connectivity index (χ1) is 14.9. The quantitative estimate of drug-likeness (QED) is 0.561. The molecule has 0 N–H and O–H groups in total. The highest BCUT2D eigenvalue weighted by Crippen LogP contribution is 2.28. The number of pyridine rings is 1. The molecule has 1 aromatic heterocycles. The molecule has 8 heteroatoms. The molecule has 6 nitrogen and oxygen atoms in total. The summed E-state index contributed by atoms with van der Waals surface area (Å²) in [4.78, 5) is 20.1. The summed E-state index contributed by atoms with van der Waals surface area (Å²) in [5, 5.41) is 1.35. The molecule has 1 amide bonds. The lowest BCUT2D eigenvalue weighted by molar-refractivity contribution is 0.0626. The lowest BCUT2D eigenvalue weighted by Crippen LogP contribution is -2.43. The van der Waals surface area contributed by atoms with Crippen molar-refractivity contribution < 1.29 is 17.9 Å². The van der Waals surface area contributed by atoms with Gasteiger partial charge in [0.1, 0.15) is 0 Å². The molecule has 0 saturated carbocycles. The summed E-state index contributed by atoms with van der Waals surface area (Å²) in [6.45, 7) is 0.651. The Labute approximate surface area is 186 Å². The first-order valence-corrected chi connectivity index (χ1v) is 12.2. The Morgan fingerprint density at radius 3 is 2.61 bits per heavy atom. The highest BCUT2D eigenvalue weighted by atomic mass is 35.5. The summed E-state index contributed by atoms with van der Waals surface area (Å²) in [6.07, 6.45) is 0.435. The second-order valence-electron chi connectivity index (χ2n) is 7.63. The zero-order valence-corrected chi connectivity index (χ0v) is 18.7. The average Bonchev–Trinajstić information content (AvgIpc) is 3.13. The number of rotatable bonds is 6. The molecule has 0 spiro atoms. The van der Waals surface area contributed by atoms with Gasteiger partial charge in [0.15, 0.2) is 9.84 Å². The number of amides is 1. The van der Waals surface area contributed by atoms with E-state index in [0.717, 1.165) is 10.9 Å². The van der Waals surface area contributed by atoms with Crippen LogP contribution in [0.1, 0.15) is 16.8 Å². The van der Waals surface area contributed by atoms with Crippen LogP contribution in [0.2, 0.25) is 5.02 Å². The summed E-state index contributed by atoms with van der Waals surface area (Å²) in [7, 11) is -1.57. The third-order valence-electron chi connectivity index (χ3n) is 5.53. The third kappa shape index (κ3) is 4.74. The predicted molar refractivity (Wildman–Crippen MR) is 122 cm³/mol. The van der Waals surface area contributed by atoms with E-state index in [1.54, 1.807) is 30.2 Å². The van der Waals surface area contributed by atoms with Crippen LogP contribution in [0.3, 0.4) is 0 Å². The molecule has 1 saturated heterocycles. The molecule has 0 bridgehead atoms. The van der Waals surface area contributed by atoms with E-state index in [-0.39, 0.29) is 23.5 Å². The summed E-state index contributed by atoms with van der Waals surface area (Å²) in [6, 6.07) is 16.2. The van der Waals surface area contributed by atoms with Gasteiger partial charge in [-0.3, -0.25) is 4.79 Å². The third-order valence-corrected chi connectivity index (χ3v) is 7.54. The highest BCUT2D eigenvalue weighted by molar-refractivity contribution is 7.91. The van der Waals surface area contributed by atoms with E-state index in [4.69, 9.17) is 21.3 Å². The van der Waals surface area contributed by atoms with E-state index in [0.29, 0.717) is 41.4 Å². The minimum Gasteiger partial charge on any atom is -0.383 e. The molecule has 162 valence electrons. The van der Waals surface area contributed by atoms with Crippen molar-refractivity contribution in [2.24, 2.45) is 0 Å². The summed E-state index contributed by atoms with van der Waals surface area (Å²) in [5.41, 5.74) is 2.69. The molecule has 2 heterocycles. The fourth-order valence-electron chi connectivity index (χ4n) is 3.94. The largest absolute Gasteiger partial charge is 0.383 e. The number of hydrogen-bond acceptors (Lipinski definition) is 5. The number of halogens is 1. The standard InChI is InChI=1S/C23H23ClN2O4S/c1-30-12-11-26(18-10-13-31(28,29)15-18)23(27)20-14-22(16-6-8-17(24)9-7-16)25-21-5-3-2-4-19(20)21/h2-9,14,18H,10-13,15H2,1H3. The normalized spacial score (nSPS) is 17.7. The van der Waals surface area contributed by atoms with Crippen molar-refractivity contribution in [3.63, 3.8) is 0 Å². The van der Waals surface area contributed by atoms with Crippen LogP contribution in [0.15, 0.2) is 54.6 Å². The zero-order valence-electron chi connectivity index (χ0n) is 17.1. The maximum atomic E-state index is 13.7. The van der Waals surface area contributed by atoms with Gasteiger partial charge in [0, 0.05) is 35.7 Å². The molecule has 1 aliphatic heterocycles. The highest BCUT2D eigenvalue weighted by Gasteiger charge is 2.35. The average molecular weight is 459 g/mol. The number of methoxy groups -OCH3 is 1. The van der Waals surface area contributed by atoms with E-state index in [2.05, 4.69) is 0 Å². The smallest absolute Gasteiger partial charge is 0.254 e. The molecule has 1 atom stereocenters. The summed E-state index contributed by atoms with van der Waals surface area (Å²) >= 11 is 6.02. The molecular formula is C23H23ClN2O4S. The number of sulfone groups is 1. The number of aromatic nitrogens is 1. The Balaban J connectivity index is 1.80. The Hall–Kier alpha value is -2.48. The van der Waals surface area contributed by atoms with E-state index in [9.17, 15) is 13.2 Å². The van der Waals surface area contributed by atoms with Crippen LogP contribution < -0.4 is 0 Å². The molecule has 3 aromatic rings. The molecule has 31 heavy (non-hydrogen) atoms. The Morgan fingerprint density at radius 1 is 1.19 bits per heavy atom. The minimum absolute atomic E-state index is 0.0183. The maximum Gasteiger partial charge on any atom is 0.254 e. The monoisotopic (exact) mass is 458 g/mol. The van der Waals surface area contributed by atoms with Gasteiger partial charge in [-0.25, -0.2) is 13.4 Å². The van der Waals surface area contributed by atoms with Crippen LogP contribution >= 0.6 is 11.6 Å². The van der Waals surface area contributed by atoms with E-state index < -0.39 is 9.84 Å². The predicted octanol–water partition coefficient (Wildman–Crippen LogP) is 3.83. The van der Waals surface area contributed by atoms with Gasteiger partial charge in [-0.15, -0.1) is 0 Å². The SMILES string of the molecule is COCCN(C(=O)c1cc(-c2ccc(Cl)cc2)nc2ccccc12)C1CCS(=O)(=O)C1. The number of carbonyl (C=O) groups excluding carboxylic acids is 1. The topological polar surface area (TPSA) is 76.6 Å². The number of benzene rings is 2. The number of hydrogen-bond donors (Lipinski definition) is 0. The van der Waals surface area contributed by atoms with Gasteiger partial charge in [-0.2, -0.15) is 0 Å². The second kappa shape index (κ2) is 8.94. The number of carbonyl (C=O) groups is 1. The Bertz CT molecular complexity index is 1210. The number of nitrogens with zero attached hydrogens (tertiary/aromatic N) is 2. The van der Waals surface area contributed by atoms with Crippen LogP contribution in [0.5, 0.6) is 0 Å². The molecule has 0 aliphatic carbocycles. The van der Waals surface area contributed by atoms with Crippen LogP contribution in [0.4, 0.5) is 0 Å². The van der Waals surface area contributed by atoms with Crippen LogP contribution in [0.25, 0.3) is 22.2 Å². The second-order valence-corrected chi connectivity index (χ2v) is 10.3. The lowest BCUT2D eigenvalue weighted by Gasteiger charge is -2.28. The molecule has 2 aromatic carbocycles. The first kappa shape index (κ1) is 21.7. The first-order valence-electron chi connectivity index (χ1n) is 10.0. The van der Waals surface area contributed by atoms with E-state index in [1.165, 1.54) is 0 Å². The van der Waals surface area contributed by atoms with Crippen LogP contribution in [-0.2, 0) is 14.6 Å². The molecule has 1 unspecified atom stereocenters. The van der Waals surface area contributed by atoms with Gasteiger partial charge in [0.05, 0.1) is 34.9 Å². The lowest BCUT2D eigenvalue weighted by atomic mass is 10.0. The van der Waals surface area contributed by atoms with Crippen LogP contribution in [-0.4, -0.2) is 62.0 Å². The fraction of sp³-hybridized carbons (Fsp3) is 0.304. The molecule has 4 rings (SSSR count). The maximum absolute atomic E-state index is 13.7. The van der Waals surface area contributed by atoms with E-state index in [1.807, 2.05) is 36.4 Å². The molecule has 1 fully saturated rings. The fourth-order valence-corrected chi connectivity index (χ4v) is 5.79. The Morgan fingerprint density at radius 2 is 1.94 bits per heavy atom. The van der Waals surface area contributed by atoms with Crippen molar-refractivity contribution in [2.75, 3.05) is 31.8 Å². The van der Waals surface area contributed by atoms with Gasteiger partial charge in [-0.1, -0.05) is 41.9 Å². The van der Waals surface area contributed by atoms with Crippen molar-refractivity contribution in [1.82, 2.24) is 9.88 Å². The molecular weight excluding hydrogens is 436 g/mol. The number of fused-ring (bicyclic) bond motifs is 1. The van der Waals surface area contributed by atoms with Gasteiger partial charge in [0.2, 0.25) is 0 Å². The van der Waals surface area contributed by atoms with Crippen molar-refractivity contribution in [2.45, 2.75) is 12.5 Å². The summed E-state index contributed by atoms with van der Waals surface area (Å²) in [5.74, 6) is -0.134. The van der Waals surface area contributed by atoms with Crippen LogP contribution in [0, 0.1) is 0 Å². The molecule has 0 radical (unpaired) electrons. The van der Waals surface area contributed by atoms with Crippen molar-refractivity contribution >= 4 is 38.2 Å². The van der Waals surface area contributed by atoms with E-state index >= 15 is 0 Å².